The quantitative estimate of drug-likeness (QED) is 0.890. The highest BCUT2D eigenvalue weighted by Crippen LogP contribution is 2.26. The van der Waals surface area contributed by atoms with Crippen LogP contribution in [-0.2, 0) is 9.53 Å². The van der Waals surface area contributed by atoms with Crippen LogP contribution in [0.25, 0.3) is 0 Å². The minimum Gasteiger partial charge on any atom is -0.494 e. The number of methoxy groups -OCH3 is 1. The van der Waals surface area contributed by atoms with Crippen molar-refractivity contribution in [2.45, 2.75) is 18.4 Å². The van der Waals surface area contributed by atoms with E-state index in [0.29, 0.717) is 26.1 Å². The number of hydrogen-bond acceptors (Lipinski definition) is 4. The van der Waals surface area contributed by atoms with Gasteiger partial charge < -0.3 is 20.5 Å². The lowest BCUT2D eigenvalue weighted by Gasteiger charge is -2.31. The van der Waals surface area contributed by atoms with Crippen LogP contribution in [0.1, 0.15) is 12.8 Å². The van der Waals surface area contributed by atoms with Crippen LogP contribution in [0.3, 0.4) is 0 Å². The number of benzene rings is 1. The monoisotopic (exact) mass is 322 g/mol. The minimum atomic E-state index is -1.12. The lowest BCUT2D eigenvalue weighted by atomic mass is 9.90. The molecule has 1 aliphatic heterocycles. The summed E-state index contributed by atoms with van der Waals surface area (Å²) in [7, 11) is 1.23. The largest absolute Gasteiger partial charge is 0.494 e. The average molecular weight is 323 g/mol. The summed E-state index contributed by atoms with van der Waals surface area (Å²) in [5.74, 6) is -2.33. The van der Waals surface area contributed by atoms with E-state index in [1.807, 2.05) is 0 Å². The topological polar surface area (TPSA) is 73.6 Å². The van der Waals surface area contributed by atoms with Gasteiger partial charge in [-0.3, -0.25) is 4.79 Å². The Hall–Kier alpha value is -1.44. The molecule has 21 heavy (non-hydrogen) atoms. The molecule has 1 fully saturated rings. The van der Waals surface area contributed by atoms with Gasteiger partial charge >= 0.3 is 0 Å². The second-order valence-electron chi connectivity index (χ2n) is 4.69. The molecular weight excluding hydrogens is 306 g/mol. The molecule has 2 rings (SSSR count). The van der Waals surface area contributed by atoms with Crippen LogP contribution in [-0.4, -0.2) is 31.8 Å². The van der Waals surface area contributed by atoms with Crippen molar-refractivity contribution in [2.75, 3.05) is 25.6 Å². The number of hydrogen-bond donors (Lipinski definition) is 2. The van der Waals surface area contributed by atoms with Crippen LogP contribution in [0.15, 0.2) is 12.1 Å². The van der Waals surface area contributed by atoms with Gasteiger partial charge in [0.15, 0.2) is 17.4 Å². The molecule has 1 aromatic rings. The second-order valence-corrected chi connectivity index (χ2v) is 4.69. The van der Waals surface area contributed by atoms with Gasteiger partial charge in [0.1, 0.15) is 5.54 Å². The smallest absolute Gasteiger partial charge is 0.244 e. The van der Waals surface area contributed by atoms with E-state index in [0.717, 1.165) is 12.1 Å². The Bertz CT molecular complexity index is 522. The Labute approximate surface area is 127 Å². The molecule has 0 aromatic heterocycles. The molecule has 0 saturated carbocycles. The molecule has 8 heteroatoms. The first-order chi connectivity index (χ1) is 9.46. The molecular formula is C13H17ClF2N2O3. The van der Waals surface area contributed by atoms with Crippen molar-refractivity contribution in [1.29, 1.82) is 0 Å². The number of anilines is 1. The van der Waals surface area contributed by atoms with Gasteiger partial charge in [-0.1, -0.05) is 0 Å². The van der Waals surface area contributed by atoms with Crippen molar-refractivity contribution < 1.29 is 23.0 Å². The van der Waals surface area contributed by atoms with Gasteiger partial charge in [0.2, 0.25) is 5.91 Å². The van der Waals surface area contributed by atoms with E-state index >= 15 is 0 Å². The molecule has 1 aliphatic rings. The molecule has 1 amide bonds. The average Bonchev–Trinajstić information content (AvgIpc) is 2.43. The van der Waals surface area contributed by atoms with E-state index in [-0.39, 0.29) is 23.8 Å². The van der Waals surface area contributed by atoms with Crippen LogP contribution < -0.4 is 15.8 Å². The third kappa shape index (κ3) is 3.81. The summed E-state index contributed by atoms with van der Waals surface area (Å²) >= 11 is 0. The number of carbonyl (C=O) groups excluding carboxylic acids is 1. The summed E-state index contributed by atoms with van der Waals surface area (Å²) in [6.07, 6.45) is 0.665. The van der Waals surface area contributed by atoms with Gasteiger partial charge in [0.25, 0.3) is 0 Å². The highest BCUT2D eigenvalue weighted by Gasteiger charge is 2.36. The predicted octanol–water partition coefficient (Wildman–Crippen LogP) is 1.84. The van der Waals surface area contributed by atoms with Gasteiger partial charge in [0, 0.05) is 25.3 Å². The van der Waals surface area contributed by atoms with Gasteiger partial charge in [0.05, 0.1) is 12.8 Å². The fourth-order valence-electron chi connectivity index (χ4n) is 1.99. The lowest BCUT2D eigenvalue weighted by Crippen LogP contribution is -2.54. The normalized spacial score (nSPS) is 16.8. The highest BCUT2D eigenvalue weighted by molar-refractivity contribution is 5.98. The summed E-state index contributed by atoms with van der Waals surface area (Å²) in [6, 6.07) is 1.74. The van der Waals surface area contributed by atoms with Crippen molar-refractivity contribution in [3.63, 3.8) is 0 Å². The second kappa shape index (κ2) is 7.02. The van der Waals surface area contributed by atoms with Crippen molar-refractivity contribution in [3.05, 3.63) is 23.8 Å². The zero-order chi connectivity index (χ0) is 14.8. The van der Waals surface area contributed by atoms with Crippen LogP contribution in [0, 0.1) is 11.6 Å². The molecule has 0 bridgehead atoms. The van der Waals surface area contributed by atoms with E-state index in [2.05, 4.69) is 10.1 Å². The SMILES string of the molecule is COc1cc(F)c(NC(=O)C2(N)CCOCC2)cc1F.Cl. The first-order valence-electron chi connectivity index (χ1n) is 6.17. The first-order valence-corrected chi connectivity index (χ1v) is 6.17. The van der Waals surface area contributed by atoms with Crippen LogP contribution in [0.4, 0.5) is 14.5 Å². The molecule has 1 aromatic carbocycles. The van der Waals surface area contributed by atoms with Gasteiger partial charge in [-0.15, -0.1) is 12.4 Å². The fourth-order valence-corrected chi connectivity index (χ4v) is 1.99. The van der Waals surface area contributed by atoms with E-state index in [9.17, 15) is 13.6 Å². The van der Waals surface area contributed by atoms with Gasteiger partial charge in [-0.05, 0) is 12.8 Å². The maximum Gasteiger partial charge on any atom is 0.244 e. The molecule has 0 aliphatic carbocycles. The number of nitrogens with two attached hydrogens (primary N) is 1. The van der Waals surface area contributed by atoms with Crippen molar-refractivity contribution >= 4 is 24.0 Å². The summed E-state index contributed by atoms with van der Waals surface area (Å²) in [4.78, 5) is 12.1. The lowest BCUT2D eigenvalue weighted by molar-refractivity contribution is -0.124. The maximum atomic E-state index is 13.7. The number of nitrogens with one attached hydrogen (secondary N) is 1. The van der Waals surface area contributed by atoms with Crippen LogP contribution in [0.2, 0.25) is 0 Å². The van der Waals surface area contributed by atoms with Crippen LogP contribution >= 0.6 is 12.4 Å². The number of carbonyl (C=O) groups is 1. The Morgan fingerprint density at radius 2 is 1.95 bits per heavy atom. The fraction of sp³-hybridized carbons (Fsp3) is 0.462. The van der Waals surface area contributed by atoms with Crippen molar-refractivity contribution in [3.8, 4) is 5.75 Å². The maximum absolute atomic E-state index is 13.7. The Kier molecular flexibility index (Phi) is 5.88. The number of rotatable bonds is 3. The van der Waals surface area contributed by atoms with Gasteiger partial charge in [-0.2, -0.15) is 0 Å². The van der Waals surface area contributed by atoms with Gasteiger partial charge in [-0.25, -0.2) is 8.78 Å². The third-order valence-corrected chi connectivity index (χ3v) is 3.33. The van der Waals surface area contributed by atoms with E-state index in [1.165, 1.54) is 7.11 Å². The van der Waals surface area contributed by atoms with E-state index < -0.39 is 23.1 Å². The first kappa shape index (κ1) is 17.6. The minimum absolute atomic E-state index is 0. The summed E-state index contributed by atoms with van der Waals surface area (Å²) in [5, 5.41) is 2.32. The van der Waals surface area contributed by atoms with Crippen molar-refractivity contribution in [2.24, 2.45) is 5.73 Å². The Morgan fingerprint density at radius 1 is 1.33 bits per heavy atom. The molecule has 1 saturated heterocycles. The van der Waals surface area contributed by atoms with E-state index in [4.69, 9.17) is 10.5 Å². The zero-order valence-electron chi connectivity index (χ0n) is 11.4. The highest BCUT2D eigenvalue weighted by atomic mass is 35.5. The van der Waals surface area contributed by atoms with Crippen molar-refractivity contribution in [1.82, 2.24) is 0 Å². The zero-order valence-corrected chi connectivity index (χ0v) is 12.3. The summed E-state index contributed by atoms with van der Waals surface area (Å²) in [5.41, 5.74) is 4.58. The molecule has 3 N–H and O–H groups in total. The molecule has 0 atom stereocenters. The Morgan fingerprint density at radius 3 is 2.52 bits per heavy atom. The third-order valence-electron chi connectivity index (χ3n) is 3.33. The standard InChI is InChI=1S/C13H16F2N2O3.ClH/c1-19-11-7-8(14)10(6-9(11)15)17-12(18)13(16)2-4-20-5-3-13;/h6-7H,2-5,16H2,1H3,(H,17,18);1H. The molecule has 1 heterocycles. The molecule has 0 spiro atoms. The molecule has 5 nitrogen and oxygen atoms in total. The summed E-state index contributed by atoms with van der Waals surface area (Å²) < 4.78 is 37.0. The molecule has 0 unspecified atom stereocenters. The predicted molar refractivity (Wildman–Crippen MR) is 75.8 cm³/mol. The number of ether oxygens (including phenoxy) is 2. The van der Waals surface area contributed by atoms with Crippen LogP contribution in [0.5, 0.6) is 5.75 Å². The Balaban J connectivity index is 0.00000220. The molecule has 0 radical (unpaired) electrons. The number of halogens is 3. The summed E-state index contributed by atoms with van der Waals surface area (Å²) in [6.45, 7) is 0.729. The van der Waals surface area contributed by atoms with E-state index in [1.54, 1.807) is 0 Å². The molecule has 118 valence electrons. The number of amides is 1.